The van der Waals surface area contributed by atoms with Crippen molar-refractivity contribution in [1.82, 2.24) is 16.0 Å². The van der Waals surface area contributed by atoms with Crippen LogP contribution in [0.1, 0.15) is 19.4 Å². The summed E-state index contributed by atoms with van der Waals surface area (Å²) in [5.74, 6) is -3.10. The van der Waals surface area contributed by atoms with E-state index in [0.717, 1.165) is 5.56 Å². The number of rotatable bonds is 10. The molecule has 4 atom stereocenters. The number of carboxylic acids is 1. The SMILES string of the molecule is C[C@H](N)C(=O)N[C@@H](C)C(=O)N[C@@H](Cc1ccccc1)C(=O)N[C@@H](CS)C(=O)O. The number of nitrogens with two attached hydrogens (primary N) is 1. The van der Waals surface area contributed by atoms with Crippen LogP contribution >= 0.6 is 12.6 Å². The summed E-state index contributed by atoms with van der Waals surface area (Å²) in [5, 5.41) is 16.5. The molecular weight excluding hydrogens is 384 g/mol. The van der Waals surface area contributed by atoms with Gasteiger partial charge in [0.1, 0.15) is 18.1 Å². The number of carbonyl (C=O) groups is 4. The number of aliphatic carboxylic acids is 1. The van der Waals surface area contributed by atoms with Gasteiger partial charge in [-0.2, -0.15) is 12.6 Å². The van der Waals surface area contributed by atoms with E-state index in [1.165, 1.54) is 13.8 Å². The Bertz CT molecular complexity index is 698. The molecule has 0 unspecified atom stereocenters. The second kappa shape index (κ2) is 11.3. The molecule has 0 radical (unpaired) electrons. The highest BCUT2D eigenvalue weighted by molar-refractivity contribution is 7.80. The first-order chi connectivity index (χ1) is 13.1. The molecule has 28 heavy (non-hydrogen) atoms. The Kier molecular flexibility index (Phi) is 9.46. The lowest BCUT2D eigenvalue weighted by Gasteiger charge is -2.23. The Balaban J connectivity index is 2.90. The molecule has 6 N–H and O–H groups in total. The third kappa shape index (κ3) is 7.57. The van der Waals surface area contributed by atoms with Gasteiger partial charge in [0.15, 0.2) is 0 Å². The van der Waals surface area contributed by atoms with Gasteiger partial charge >= 0.3 is 5.97 Å². The normalized spacial score (nSPS) is 14.9. The Labute approximate surface area is 168 Å². The first-order valence-electron chi connectivity index (χ1n) is 8.70. The monoisotopic (exact) mass is 410 g/mol. The fourth-order valence-corrected chi connectivity index (χ4v) is 2.47. The van der Waals surface area contributed by atoms with E-state index in [9.17, 15) is 19.2 Å². The van der Waals surface area contributed by atoms with Gasteiger partial charge in [-0.15, -0.1) is 0 Å². The van der Waals surface area contributed by atoms with Crippen molar-refractivity contribution >= 4 is 36.3 Å². The van der Waals surface area contributed by atoms with Gasteiger partial charge in [-0.05, 0) is 19.4 Å². The molecule has 0 aliphatic rings. The number of benzene rings is 1. The molecule has 0 bridgehead atoms. The number of nitrogens with one attached hydrogen (secondary N) is 3. The molecular formula is C18H26N4O5S. The van der Waals surface area contributed by atoms with Gasteiger partial charge in [-0.3, -0.25) is 14.4 Å². The Hall–Kier alpha value is -2.59. The van der Waals surface area contributed by atoms with Gasteiger partial charge in [-0.1, -0.05) is 30.3 Å². The van der Waals surface area contributed by atoms with Crippen molar-refractivity contribution in [1.29, 1.82) is 0 Å². The molecule has 0 saturated heterocycles. The molecule has 10 heteroatoms. The van der Waals surface area contributed by atoms with E-state index < -0.39 is 47.9 Å². The molecule has 0 spiro atoms. The molecule has 0 saturated carbocycles. The van der Waals surface area contributed by atoms with Crippen molar-refractivity contribution in [3.8, 4) is 0 Å². The van der Waals surface area contributed by atoms with Gasteiger partial charge in [0.2, 0.25) is 17.7 Å². The van der Waals surface area contributed by atoms with Crippen LogP contribution in [0, 0.1) is 0 Å². The highest BCUT2D eigenvalue weighted by atomic mass is 32.1. The quantitative estimate of drug-likeness (QED) is 0.274. The molecule has 0 aliphatic heterocycles. The van der Waals surface area contributed by atoms with Gasteiger partial charge in [0.25, 0.3) is 0 Å². The van der Waals surface area contributed by atoms with Crippen LogP contribution < -0.4 is 21.7 Å². The summed E-state index contributed by atoms with van der Waals surface area (Å²) in [4.78, 5) is 47.8. The standard InChI is InChI=1S/C18H26N4O5S/c1-10(19)15(23)20-11(2)16(24)21-13(8-12-6-4-3-5-7-12)17(25)22-14(9-28)18(26)27/h3-7,10-11,13-14,28H,8-9,19H2,1-2H3,(H,20,23)(H,21,24)(H,22,25)(H,26,27)/t10-,11-,13-,14-/m0/s1. The first kappa shape index (κ1) is 23.4. The van der Waals surface area contributed by atoms with Crippen molar-refractivity contribution in [3.05, 3.63) is 35.9 Å². The van der Waals surface area contributed by atoms with Gasteiger partial charge in [0, 0.05) is 12.2 Å². The van der Waals surface area contributed by atoms with Gasteiger partial charge < -0.3 is 26.8 Å². The summed E-state index contributed by atoms with van der Waals surface area (Å²) >= 11 is 3.91. The van der Waals surface area contributed by atoms with Crippen LogP contribution in [0.25, 0.3) is 0 Å². The summed E-state index contributed by atoms with van der Waals surface area (Å²) in [6, 6.07) is 4.99. The lowest BCUT2D eigenvalue weighted by molar-refractivity contribution is -0.141. The Morgan fingerprint density at radius 3 is 2.04 bits per heavy atom. The molecule has 1 rings (SSSR count). The molecule has 0 fully saturated rings. The van der Waals surface area contributed by atoms with Crippen LogP contribution in [0.3, 0.4) is 0 Å². The number of thiol groups is 1. The van der Waals surface area contributed by atoms with Crippen LogP contribution in [0.15, 0.2) is 30.3 Å². The maximum atomic E-state index is 12.6. The van der Waals surface area contributed by atoms with E-state index in [1.807, 2.05) is 6.07 Å². The number of amides is 3. The van der Waals surface area contributed by atoms with Crippen molar-refractivity contribution in [2.75, 3.05) is 5.75 Å². The second-order valence-electron chi connectivity index (χ2n) is 6.35. The molecule has 3 amide bonds. The largest absolute Gasteiger partial charge is 0.480 e. The fraction of sp³-hybridized carbons (Fsp3) is 0.444. The maximum absolute atomic E-state index is 12.6. The minimum atomic E-state index is -1.23. The highest BCUT2D eigenvalue weighted by Crippen LogP contribution is 2.05. The summed E-state index contributed by atoms with van der Waals surface area (Å²) in [7, 11) is 0. The average Bonchev–Trinajstić information content (AvgIpc) is 2.65. The van der Waals surface area contributed by atoms with E-state index in [4.69, 9.17) is 10.8 Å². The molecule has 1 aromatic rings. The maximum Gasteiger partial charge on any atom is 0.327 e. The molecule has 0 aromatic heterocycles. The Morgan fingerprint density at radius 1 is 0.964 bits per heavy atom. The van der Waals surface area contributed by atoms with E-state index in [1.54, 1.807) is 24.3 Å². The van der Waals surface area contributed by atoms with Crippen LogP contribution in [0.4, 0.5) is 0 Å². The molecule has 0 aliphatic carbocycles. The van der Waals surface area contributed by atoms with E-state index >= 15 is 0 Å². The second-order valence-corrected chi connectivity index (χ2v) is 6.72. The summed E-state index contributed by atoms with van der Waals surface area (Å²) in [5.41, 5.74) is 6.24. The number of carboxylic acid groups (broad SMARTS) is 1. The summed E-state index contributed by atoms with van der Waals surface area (Å²) in [6.45, 7) is 2.94. The topological polar surface area (TPSA) is 151 Å². The highest BCUT2D eigenvalue weighted by Gasteiger charge is 2.28. The lowest BCUT2D eigenvalue weighted by atomic mass is 10.0. The number of carbonyl (C=O) groups excluding carboxylic acids is 3. The van der Waals surface area contributed by atoms with E-state index in [2.05, 4.69) is 28.6 Å². The minimum absolute atomic E-state index is 0.103. The van der Waals surface area contributed by atoms with Crippen LogP contribution in [-0.2, 0) is 25.6 Å². The predicted molar refractivity (Wildman–Crippen MR) is 107 cm³/mol. The number of hydrogen-bond donors (Lipinski definition) is 6. The zero-order chi connectivity index (χ0) is 21.3. The fourth-order valence-electron chi connectivity index (χ4n) is 2.22. The molecule has 154 valence electrons. The van der Waals surface area contributed by atoms with Crippen LogP contribution in [0.2, 0.25) is 0 Å². The van der Waals surface area contributed by atoms with Crippen molar-refractivity contribution in [2.24, 2.45) is 5.73 Å². The smallest absolute Gasteiger partial charge is 0.327 e. The van der Waals surface area contributed by atoms with E-state index in [0.29, 0.717) is 0 Å². The van der Waals surface area contributed by atoms with Gasteiger partial charge in [0.05, 0.1) is 6.04 Å². The van der Waals surface area contributed by atoms with Crippen molar-refractivity contribution in [3.63, 3.8) is 0 Å². The zero-order valence-electron chi connectivity index (χ0n) is 15.7. The lowest BCUT2D eigenvalue weighted by Crippen LogP contribution is -2.57. The van der Waals surface area contributed by atoms with Gasteiger partial charge in [-0.25, -0.2) is 4.79 Å². The minimum Gasteiger partial charge on any atom is -0.480 e. The van der Waals surface area contributed by atoms with Crippen molar-refractivity contribution in [2.45, 2.75) is 44.4 Å². The third-order valence-corrected chi connectivity index (χ3v) is 4.24. The van der Waals surface area contributed by atoms with Crippen molar-refractivity contribution < 1.29 is 24.3 Å². The molecule has 1 aromatic carbocycles. The van der Waals surface area contributed by atoms with E-state index in [-0.39, 0.29) is 12.2 Å². The average molecular weight is 410 g/mol. The summed E-state index contributed by atoms with van der Waals surface area (Å²) < 4.78 is 0. The van der Waals surface area contributed by atoms with Crippen LogP contribution in [0.5, 0.6) is 0 Å². The summed E-state index contributed by atoms with van der Waals surface area (Å²) in [6.07, 6.45) is 0.144. The first-order valence-corrected chi connectivity index (χ1v) is 9.33. The molecule has 9 nitrogen and oxygen atoms in total. The number of hydrogen-bond acceptors (Lipinski definition) is 6. The van der Waals surface area contributed by atoms with Crippen LogP contribution in [-0.4, -0.2) is 58.7 Å². The predicted octanol–water partition coefficient (Wildman–Crippen LogP) is -0.935. The zero-order valence-corrected chi connectivity index (χ0v) is 16.6. The third-order valence-electron chi connectivity index (χ3n) is 3.88. The Morgan fingerprint density at radius 2 is 1.54 bits per heavy atom. The molecule has 0 heterocycles.